The van der Waals surface area contributed by atoms with Crippen LogP contribution >= 0.6 is 11.3 Å². The smallest absolute Gasteiger partial charge is 0.270 e. The number of non-ortho nitro benzene ring substituents is 1. The summed E-state index contributed by atoms with van der Waals surface area (Å²) in [5.74, 6) is 0.478. The summed E-state index contributed by atoms with van der Waals surface area (Å²) in [6.45, 7) is 2.13. The van der Waals surface area contributed by atoms with Crippen LogP contribution in [-0.2, 0) is 6.54 Å². The maximum absolute atomic E-state index is 13.2. The Kier molecular flexibility index (Phi) is 4.85. The van der Waals surface area contributed by atoms with E-state index in [2.05, 4.69) is 4.98 Å². The third kappa shape index (κ3) is 3.50. The molecular formula is C21H17N3O4S. The first-order chi connectivity index (χ1) is 14.0. The van der Waals surface area contributed by atoms with Crippen LogP contribution in [0.25, 0.3) is 21.3 Å². The number of aryl methyl sites for hydroxylation is 1. The first kappa shape index (κ1) is 18.8. The van der Waals surface area contributed by atoms with E-state index in [1.807, 2.05) is 36.6 Å². The van der Waals surface area contributed by atoms with Crippen molar-refractivity contribution in [1.29, 1.82) is 0 Å². The molecule has 0 aliphatic carbocycles. The fourth-order valence-corrected chi connectivity index (χ4v) is 4.12. The molecule has 29 heavy (non-hydrogen) atoms. The largest absolute Gasteiger partial charge is 0.496 e. The van der Waals surface area contributed by atoms with Crippen LogP contribution in [0.2, 0.25) is 0 Å². The molecule has 0 atom stereocenters. The van der Waals surface area contributed by atoms with Gasteiger partial charge in [-0.1, -0.05) is 29.8 Å². The molecule has 0 saturated heterocycles. The minimum Gasteiger partial charge on any atom is -0.496 e. The second-order valence-corrected chi connectivity index (χ2v) is 7.48. The van der Waals surface area contributed by atoms with Crippen molar-refractivity contribution in [1.82, 2.24) is 9.55 Å². The van der Waals surface area contributed by atoms with Crippen LogP contribution in [0.3, 0.4) is 0 Å². The molecular weight excluding hydrogens is 390 g/mol. The maximum Gasteiger partial charge on any atom is 0.270 e. The van der Waals surface area contributed by atoms with Crippen LogP contribution in [-0.4, -0.2) is 21.6 Å². The molecule has 7 nitrogen and oxygen atoms in total. The molecule has 4 rings (SSSR count). The average Bonchev–Trinajstić information content (AvgIpc) is 3.15. The third-order valence-electron chi connectivity index (χ3n) is 4.74. The predicted molar refractivity (Wildman–Crippen MR) is 113 cm³/mol. The summed E-state index contributed by atoms with van der Waals surface area (Å²) < 4.78 is 6.77. The van der Waals surface area contributed by atoms with E-state index in [0.717, 1.165) is 16.7 Å². The van der Waals surface area contributed by atoms with Gasteiger partial charge in [0.2, 0.25) is 0 Å². The van der Waals surface area contributed by atoms with Crippen molar-refractivity contribution in [2.75, 3.05) is 7.11 Å². The Morgan fingerprint density at radius 3 is 2.66 bits per heavy atom. The van der Waals surface area contributed by atoms with E-state index < -0.39 is 4.92 Å². The van der Waals surface area contributed by atoms with Gasteiger partial charge in [0, 0.05) is 28.6 Å². The number of nitrogens with zero attached hydrogens (tertiary/aromatic N) is 3. The molecule has 0 aliphatic heterocycles. The van der Waals surface area contributed by atoms with Crippen molar-refractivity contribution in [2.24, 2.45) is 0 Å². The summed E-state index contributed by atoms with van der Waals surface area (Å²) in [6.07, 6.45) is 1.47. The number of nitro groups is 1. The van der Waals surface area contributed by atoms with Gasteiger partial charge in [0.15, 0.2) is 0 Å². The fourth-order valence-electron chi connectivity index (χ4n) is 3.21. The van der Waals surface area contributed by atoms with Gasteiger partial charge in [0.25, 0.3) is 11.2 Å². The molecule has 2 aromatic carbocycles. The Morgan fingerprint density at radius 1 is 1.21 bits per heavy atom. The highest BCUT2D eigenvalue weighted by Gasteiger charge is 2.16. The lowest BCUT2D eigenvalue weighted by Gasteiger charge is -2.10. The van der Waals surface area contributed by atoms with Gasteiger partial charge in [-0.15, -0.1) is 11.3 Å². The Bertz CT molecular complexity index is 1280. The van der Waals surface area contributed by atoms with Crippen molar-refractivity contribution < 1.29 is 9.66 Å². The SMILES string of the molecule is COc1ccc([N+](=O)[O-])cc1Cn1cnc2scc(-c3ccc(C)cc3)c2c1=O. The van der Waals surface area contributed by atoms with Gasteiger partial charge in [0.05, 0.1) is 30.3 Å². The number of benzene rings is 2. The van der Waals surface area contributed by atoms with Gasteiger partial charge < -0.3 is 4.74 Å². The molecule has 0 radical (unpaired) electrons. The van der Waals surface area contributed by atoms with E-state index >= 15 is 0 Å². The zero-order valence-electron chi connectivity index (χ0n) is 15.8. The van der Waals surface area contributed by atoms with E-state index in [4.69, 9.17) is 4.74 Å². The number of fused-ring (bicyclic) bond motifs is 1. The standard InChI is InChI=1S/C21H17N3O4S/c1-13-3-5-14(6-4-13)17-11-29-20-19(17)21(25)23(12-22-20)10-15-9-16(24(26)27)7-8-18(15)28-2/h3-9,11-12H,10H2,1-2H3. The van der Waals surface area contributed by atoms with E-state index in [1.165, 1.54) is 47.5 Å². The molecule has 4 aromatic rings. The van der Waals surface area contributed by atoms with E-state index in [0.29, 0.717) is 21.5 Å². The number of methoxy groups -OCH3 is 1. The lowest BCUT2D eigenvalue weighted by atomic mass is 10.1. The zero-order valence-corrected chi connectivity index (χ0v) is 16.6. The molecule has 8 heteroatoms. The highest BCUT2D eigenvalue weighted by Crippen LogP contribution is 2.31. The van der Waals surface area contributed by atoms with Crippen molar-refractivity contribution in [3.8, 4) is 16.9 Å². The van der Waals surface area contributed by atoms with E-state index in [-0.39, 0.29) is 17.8 Å². The van der Waals surface area contributed by atoms with Gasteiger partial charge in [0.1, 0.15) is 10.6 Å². The normalized spacial score (nSPS) is 11.0. The summed E-state index contributed by atoms with van der Waals surface area (Å²) in [7, 11) is 1.49. The number of thiophene rings is 1. The van der Waals surface area contributed by atoms with Crippen molar-refractivity contribution in [3.63, 3.8) is 0 Å². The van der Waals surface area contributed by atoms with Crippen LogP contribution in [0.15, 0.2) is 59.0 Å². The molecule has 0 aliphatic rings. The topological polar surface area (TPSA) is 87.3 Å². The molecule has 0 amide bonds. The molecule has 0 N–H and O–H groups in total. The molecule has 0 unspecified atom stereocenters. The number of aromatic nitrogens is 2. The molecule has 0 saturated carbocycles. The fraction of sp³-hybridized carbons (Fsp3) is 0.143. The van der Waals surface area contributed by atoms with Gasteiger partial charge in [-0.25, -0.2) is 4.98 Å². The van der Waals surface area contributed by atoms with Gasteiger partial charge >= 0.3 is 0 Å². The van der Waals surface area contributed by atoms with Crippen molar-refractivity contribution >= 4 is 27.2 Å². The van der Waals surface area contributed by atoms with Crippen LogP contribution in [0.4, 0.5) is 5.69 Å². The minimum absolute atomic E-state index is 0.0567. The number of hydrogen-bond acceptors (Lipinski definition) is 6. The Labute approximate surface area is 170 Å². The highest BCUT2D eigenvalue weighted by atomic mass is 32.1. The molecule has 0 fully saturated rings. The maximum atomic E-state index is 13.2. The Hall–Kier alpha value is -3.52. The van der Waals surface area contributed by atoms with Crippen molar-refractivity contribution in [3.05, 3.63) is 85.8 Å². The number of ether oxygens (including phenoxy) is 1. The molecule has 2 aromatic heterocycles. The highest BCUT2D eigenvalue weighted by molar-refractivity contribution is 7.17. The number of rotatable bonds is 5. The lowest BCUT2D eigenvalue weighted by Crippen LogP contribution is -2.21. The Morgan fingerprint density at radius 2 is 1.97 bits per heavy atom. The van der Waals surface area contributed by atoms with E-state index in [1.54, 1.807) is 0 Å². The van der Waals surface area contributed by atoms with Gasteiger partial charge in [-0.3, -0.25) is 19.5 Å². The zero-order chi connectivity index (χ0) is 20.5. The first-order valence-corrected chi connectivity index (χ1v) is 9.71. The summed E-state index contributed by atoms with van der Waals surface area (Å²) >= 11 is 1.42. The van der Waals surface area contributed by atoms with Crippen LogP contribution < -0.4 is 10.3 Å². The third-order valence-corrected chi connectivity index (χ3v) is 5.63. The second-order valence-electron chi connectivity index (χ2n) is 6.63. The number of hydrogen-bond donors (Lipinski definition) is 0. The second kappa shape index (κ2) is 7.48. The first-order valence-electron chi connectivity index (χ1n) is 8.83. The van der Waals surface area contributed by atoms with Crippen LogP contribution in [0, 0.1) is 17.0 Å². The number of nitro benzene ring substituents is 1. The molecule has 2 heterocycles. The Balaban J connectivity index is 1.82. The molecule has 0 spiro atoms. The lowest BCUT2D eigenvalue weighted by molar-refractivity contribution is -0.384. The van der Waals surface area contributed by atoms with Gasteiger partial charge in [-0.2, -0.15) is 0 Å². The summed E-state index contributed by atoms with van der Waals surface area (Å²) in [5, 5.41) is 13.6. The van der Waals surface area contributed by atoms with Gasteiger partial charge in [-0.05, 0) is 18.6 Å². The molecule has 0 bridgehead atoms. The minimum atomic E-state index is -0.471. The van der Waals surface area contributed by atoms with Crippen LogP contribution in [0.1, 0.15) is 11.1 Å². The quantitative estimate of drug-likeness (QED) is 0.361. The average molecular weight is 407 g/mol. The monoisotopic (exact) mass is 407 g/mol. The van der Waals surface area contributed by atoms with Crippen molar-refractivity contribution in [2.45, 2.75) is 13.5 Å². The predicted octanol–water partition coefficient (Wildman–Crippen LogP) is 4.40. The summed E-state index contributed by atoms with van der Waals surface area (Å²) in [6, 6.07) is 12.3. The van der Waals surface area contributed by atoms with Crippen LogP contribution in [0.5, 0.6) is 5.75 Å². The van der Waals surface area contributed by atoms with E-state index in [9.17, 15) is 14.9 Å². The molecule has 146 valence electrons. The summed E-state index contributed by atoms with van der Waals surface area (Å²) in [5.41, 5.74) is 3.21. The summed E-state index contributed by atoms with van der Waals surface area (Å²) in [4.78, 5) is 29.0.